The first-order valence-corrected chi connectivity index (χ1v) is 14.6. The topological polar surface area (TPSA) is 92.9 Å². The standard InChI is InChI=1S/C29H24BrN3O4S2/c1-2-37-29(36)26-27(35)24(39-28(26)32-20-7-4-3-5-8-20)13-18-16-33(23-11-10-19(30)14-22(18)23)17-25(34)31-15-21-9-6-12-38-21/h3-14,16,35H,2,15,17H2,1H3,(H,31,34)/b24-13-,32-28?. The molecule has 2 aromatic carbocycles. The Morgan fingerprint density at radius 3 is 2.72 bits per heavy atom. The Hall–Kier alpha value is -3.60. The predicted octanol–water partition coefficient (Wildman–Crippen LogP) is 6.97. The van der Waals surface area contributed by atoms with Gasteiger partial charge in [0, 0.05) is 32.0 Å². The minimum absolute atomic E-state index is 0.0369. The second kappa shape index (κ2) is 12.1. The molecule has 4 aromatic rings. The van der Waals surface area contributed by atoms with E-state index < -0.39 is 5.97 Å². The summed E-state index contributed by atoms with van der Waals surface area (Å²) in [5.41, 5.74) is 2.35. The van der Waals surface area contributed by atoms with Gasteiger partial charge < -0.3 is 19.7 Å². The number of carbonyl (C=O) groups is 2. The Bertz CT molecular complexity index is 1620. The fraction of sp³-hybridized carbons (Fsp3) is 0.138. The molecule has 3 heterocycles. The third-order valence-corrected chi connectivity index (χ3v) is 8.26. The largest absolute Gasteiger partial charge is 0.506 e. The SMILES string of the molecule is CCOC(=O)C1=C(O)/C(=C/c2cn(CC(=O)NCc3cccs3)c3ccc(Br)cc23)SC1=Nc1ccccc1. The van der Waals surface area contributed by atoms with Gasteiger partial charge in [-0.3, -0.25) is 4.79 Å². The Morgan fingerprint density at radius 2 is 1.97 bits per heavy atom. The van der Waals surface area contributed by atoms with Crippen LogP contribution in [0.1, 0.15) is 17.4 Å². The van der Waals surface area contributed by atoms with Gasteiger partial charge in [0.1, 0.15) is 22.9 Å². The van der Waals surface area contributed by atoms with E-state index in [9.17, 15) is 14.7 Å². The van der Waals surface area contributed by atoms with E-state index in [1.165, 1.54) is 11.8 Å². The molecule has 0 unspecified atom stereocenters. The van der Waals surface area contributed by atoms with Gasteiger partial charge in [-0.2, -0.15) is 0 Å². The number of halogens is 1. The van der Waals surface area contributed by atoms with Crippen LogP contribution in [0.5, 0.6) is 0 Å². The molecule has 0 radical (unpaired) electrons. The van der Waals surface area contributed by atoms with Crippen LogP contribution >= 0.6 is 39.0 Å². The van der Waals surface area contributed by atoms with Crippen molar-refractivity contribution in [3.63, 3.8) is 0 Å². The highest BCUT2D eigenvalue weighted by molar-refractivity contribution is 9.10. The molecular formula is C29H24BrN3O4S2. The summed E-state index contributed by atoms with van der Waals surface area (Å²) < 4.78 is 7.97. The number of thiophene rings is 1. The lowest BCUT2D eigenvalue weighted by molar-refractivity contribution is -0.138. The smallest absolute Gasteiger partial charge is 0.344 e. The third-order valence-electron chi connectivity index (χ3n) is 5.87. The molecule has 0 saturated heterocycles. The fourth-order valence-electron chi connectivity index (χ4n) is 4.11. The van der Waals surface area contributed by atoms with Crippen molar-refractivity contribution in [3.05, 3.63) is 103 Å². The number of benzene rings is 2. The normalized spacial score (nSPS) is 15.4. The van der Waals surface area contributed by atoms with E-state index in [0.717, 1.165) is 25.8 Å². The number of aromatic nitrogens is 1. The monoisotopic (exact) mass is 621 g/mol. The number of nitrogens with one attached hydrogen (secondary N) is 1. The number of aliphatic hydroxyl groups is 1. The molecule has 10 heteroatoms. The van der Waals surface area contributed by atoms with Crippen molar-refractivity contribution < 1.29 is 19.4 Å². The first kappa shape index (κ1) is 27.0. The quantitative estimate of drug-likeness (QED) is 0.207. The van der Waals surface area contributed by atoms with E-state index in [1.54, 1.807) is 18.3 Å². The van der Waals surface area contributed by atoms with Crippen molar-refractivity contribution in [1.29, 1.82) is 0 Å². The molecule has 0 fully saturated rings. The highest BCUT2D eigenvalue weighted by Gasteiger charge is 2.33. The van der Waals surface area contributed by atoms with E-state index in [0.29, 0.717) is 22.2 Å². The van der Waals surface area contributed by atoms with Gasteiger partial charge in [0.25, 0.3) is 0 Å². The predicted molar refractivity (Wildman–Crippen MR) is 161 cm³/mol. The molecule has 2 N–H and O–H groups in total. The zero-order valence-electron chi connectivity index (χ0n) is 20.9. The Balaban J connectivity index is 1.50. The van der Waals surface area contributed by atoms with E-state index in [1.807, 2.05) is 82.9 Å². The van der Waals surface area contributed by atoms with Gasteiger partial charge in [0.15, 0.2) is 0 Å². The number of thioether (sulfide) groups is 1. The Morgan fingerprint density at radius 1 is 1.15 bits per heavy atom. The first-order chi connectivity index (χ1) is 18.9. The molecule has 0 aliphatic carbocycles. The summed E-state index contributed by atoms with van der Waals surface area (Å²) in [5.74, 6) is -0.923. The number of carbonyl (C=O) groups excluding carboxylic acids is 2. The number of ether oxygens (including phenoxy) is 1. The summed E-state index contributed by atoms with van der Waals surface area (Å²) in [4.78, 5) is 31.7. The number of amides is 1. The zero-order chi connectivity index (χ0) is 27.4. The van der Waals surface area contributed by atoms with Crippen LogP contribution in [0.4, 0.5) is 5.69 Å². The number of aliphatic imine (C=N–C) groups is 1. The zero-order valence-corrected chi connectivity index (χ0v) is 24.1. The molecule has 0 atom stereocenters. The maximum absolute atomic E-state index is 12.8. The molecule has 1 aliphatic heterocycles. The summed E-state index contributed by atoms with van der Waals surface area (Å²) in [6.07, 6.45) is 3.68. The molecule has 39 heavy (non-hydrogen) atoms. The molecule has 5 rings (SSSR count). The molecule has 7 nitrogen and oxygen atoms in total. The number of aliphatic hydroxyl groups excluding tert-OH is 1. The van der Waals surface area contributed by atoms with E-state index in [4.69, 9.17) is 4.74 Å². The third kappa shape index (κ3) is 6.19. The second-order valence-corrected chi connectivity index (χ2v) is 11.5. The summed E-state index contributed by atoms with van der Waals surface area (Å²) >= 11 is 6.33. The number of nitrogens with zero attached hydrogens (tertiary/aromatic N) is 2. The highest BCUT2D eigenvalue weighted by atomic mass is 79.9. The van der Waals surface area contributed by atoms with Crippen molar-refractivity contribution in [2.75, 3.05) is 6.61 Å². The van der Waals surface area contributed by atoms with E-state index >= 15 is 0 Å². The number of rotatable bonds is 8. The Kier molecular flexibility index (Phi) is 8.35. The van der Waals surface area contributed by atoms with Gasteiger partial charge in [0.2, 0.25) is 5.91 Å². The first-order valence-electron chi connectivity index (χ1n) is 12.1. The van der Waals surface area contributed by atoms with Gasteiger partial charge in [-0.1, -0.05) is 52.0 Å². The highest BCUT2D eigenvalue weighted by Crippen LogP contribution is 2.41. The van der Waals surface area contributed by atoms with Crippen LogP contribution in [0, 0.1) is 0 Å². The minimum atomic E-state index is -0.631. The van der Waals surface area contributed by atoms with Crippen LogP contribution in [-0.4, -0.2) is 33.2 Å². The second-order valence-electron chi connectivity index (χ2n) is 8.54. The molecule has 1 amide bonds. The summed E-state index contributed by atoms with van der Waals surface area (Å²) in [7, 11) is 0. The van der Waals surface area contributed by atoms with Crippen LogP contribution in [0.2, 0.25) is 0 Å². The lowest BCUT2D eigenvalue weighted by Gasteiger charge is -2.06. The summed E-state index contributed by atoms with van der Waals surface area (Å²) in [6, 6.07) is 19.0. The molecule has 1 aliphatic rings. The number of para-hydroxylation sites is 1. The number of hydrogen-bond donors (Lipinski definition) is 2. The number of fused-ring (bicyclic) bond motifs is 1. The molecule has 0 bridgehead atoms. The lowest BCUT2D eigenvalue weighted by atomic mass is 10.1. The van der Waals surface area contributed by atoms with E-state index in [2.05, 4.69) is 26.2 Å². The minimum Gasteiger partial charge on any atom is -0.506 e. The van der Waals surface area contributed by atoms with Crippen molar-refractivity contribution >= 4 is 78.6 Å². The van der Waals surface area contributed by atoms with Crippen molar-refractivity contribution in [3.8, 4) is 0 Å². The maximum atomic E-state index is 12.8. The van der Waals surface area contributed by atoms with Gasteiger partial charge in [-0.25, -0.2) is 9.79 Å². The van der Waals surface area contributed by atoms with Gasteiger partial charge in [-0.05, 0) is 54.8 Å². The number of hydrogen-bond acceptors (Lipinski definition) is 7. The van der Waals surface area contributed by atoms with Gasteiger partial charge in [-0.15, -0.1) is 11.3 Å². The van der Waals surface area contributed by atoms with Gasteiger partial charge in [0.05, 0.1) is 23.7 Å². The van der Waals surface area contributed by atoms with Crippen LogP contribution in [0.3, 0.4) is 0 Å². The van der Waals surface area contributed by atoms with Crippen molar-refractivity contribution in [2.24, 2.45) is 4.99 Å². The van der Waals surface area contributed by atoms with Crippen molar-refractivity contribution in [1.82, 2.24) is 9.88 Å². The van der Waals surface area contributed by atoms with Gasteiger partial charge >= 0.3 is 5.97 Å². The van der Waals surface area contributed by atoms with E-state index in [-0.39, 0.29) is 30.4 Å². The molecule has 0 saturated carbocycles. The summed E-state index contributed by atoms with van der Waals surface area (Å²) in [6.45, 7) is 2.50. The molecule has 0 spiro atoms. The Labute approximate surface area is 242 Å². The average Bonchev–Trinajstić information content (AvgIpc) is 3.63. The van der Waals surface area contributed by atoms with Crippen LogP contribution in [0.15, 0.2) is 97.9 Å². The van der Waals surface area contributed by atoms with Crippen LogP contribution < -0.4 is 5.32 Å². The van der Waals surface area contributed by atoms with Crippen LogP contribution in [-0.2, 0) is 27.4 Å². The molecule has 2 aromatic heterocycles. The van der Waals surface area contributed by atoms with Crippen LogP contribution in [0.25, 0.3) is 17.0 Å². The molecular weight excluding hydrogens is 598 g/mol. The fourth-order valence-corrected chi connectivity index (χ4v) is 6.14. The molecule has 198 valence electrons. The number of esters is 1. The summed E-state index contributed by atoms with van der Waals surface area (Å²) in [5, 5.41) is 17.3. The lowest BCUT2D eigenvalue weighted by Crippen LogP contribution is -2.26. The maximum Gasteiger partial charge on any atom is 0.344 e. The van der Waals surface area contributed by atoms with Crippen molar-refractivity contribution in [2.45, 2.75) is 20.0 Å². The average molecular weight is 623 g/mol.